The van der Waals surface area contributed by atoms with E-state index in [4.69, 9.17) is 10.5 Å². The Morgan fingerprint density at radius 1 is 1.71 bits per heavy atom. The van der Waals surface area contributed by atoms with Crippen molar-refractivity contribution in [3.8, 4) is 0 Å². The van der Waals surface area contributed by atoms with Gasteiger partial charge in [0.2, 0.25) is 5.91 Å². The van der Waals surface area contributed by atoms with Crippen LogP contribution in [0.25, 0.3) is 0 Å². The number of amides is 1. The molecule has 1 fully saturated rings. The number of ether oxygens (including phenoxy) is 1. The fraction of sp³-hybridized carbons (Fsp3) is 0.900. The number of methoxy groups -OCH3 is 1. The molecule has 0 radical (unpaired) electrons. The molecule has 2 unspecified atom stereocenters. The molecule has 0 saturated heterocycles. The van der Waals surface area contributed by atoms with E-state index in [9.17, 15) is 4.79 Å². The molecule has 1 saturated carbocycles. The van der Waals surface area contributed by atoms with Crippen LogP contribution in [-0.4, -0.2) is 31.2 Å². The lowest BCUT2D eigenvalue weighted by atomic mass is 9.96. The van der Waals surface area contributed by atoms with Crippen LogP contribution in [0.1, 0.15) is 26.7 Å². The van der Waals surface area contributed by atoms with Gasteiger partial charge in [-0.2, -0.15) is 0 Å². The Kier molecular flexibility index (Phi) is 3.50. The summed E-state index contributed by atoms with van der Waals surface area (Å²) in [4.78, 5) is 11.7. The molecule has 0 aromatic heterocycles. The molecule has 1 rings (SSSR count). The molecule has 0 aliphatic heterocycles. The maximum atomic E-state index is 11.7. The van der Waals surface area contributed by atoms with Gasteiger partial charge in [-0.05, 0) is 32.6 Å². The first-order chi connectivity index (χ1) is 6.48. The molecule has 1 aliphatic rings. The highest BCUT2D eigenvalue weighted by Crippen LogP contribution is 2.38. The van der Waals surface area contributed by atoms with Gasteiger partial charge in [0.15, 0.2) is 0 Å². The second-order valence-electron chi connectivity index (χ2n) is 4.39. The number of hydrogen-bond donors (Lipinski definition) is 2. The highest BCUT2D eigenvalue weighted by atomic mass is 16.5. The predicted octanol–water partition coefficient (Wildman–Crippen LogP) is 0.265. The molecule has 0 aromatic rings. The molecule has 2 atom stereocenters. The molecule has 3 N–H and O–H groups in total. The van der Waals surface area contributed by atoms with Gasteiger partial charge in [0, 0.05) is 13.2 Å². The summed E-state index contributed by atoms with van der Waals surface area (Å²) in [6, 6.07) is 0.0223. The maximum Gasteiger partial charge on any atom is 0.240 e. The van der Waals surface area contributed by atoms with Gasteiger partial charge in [0.1, 0.15) is 0 Å². The third kappa shape index (κ3) is 2.69. The molecule has 0 spiro atoms. The van der Waals surface area contributed by atoms with Gasteiger partial charge >= 0.3 is 0 Å². The second kappa shape index (κ2) is 4.28. The quantitative estimate of drug-likeness (QED) is 0.669. The fourth-order valence-corrected chi connectivity index (χ4v) is 1.54. The topological polar surface area (TPSA) is 64.3 Å². The third-order valence-corrected chi connectivity index (χ3v) is 2.71. The van der Waals surface area contributed by atoms with E-state index in [2.05, 4.69) is 5.32 Å². The van der Waals surface area contributed by atoms with Crippen LogP contribution in [0.2, 0.25) is 0 Å². The summed E-state index contributed by atoms with van der Waals surface area (Å²) in [5.74, 6) is 0.293. The van der Waals surface area contributed by atoms with Gasteiger partial charge in [-0.25, -0.2) is 0 Å². The Morgan fingerprint density at radius 2 is 2.29 bits per heavy atom. The number of nitrogens with two attached hydrogens (primary N) is 1. The SMILES string of the molecule is COCC(C)NC(=O)C(C)(N)C1CC1. The van der Waals surface area contributed by atoms with Crippen molar-refractivity contribution < 1.29 is 9.53 Å². The Bertz CT molecular complexity index is 212. The van der Waals surface area contributed by atoms with Gasteiger partial charge in [0.25, 0.3) is 0 Å². The highest BCUT2D eigenvalue weighted by Gasteiger charge is 2.44. The van der Waals surface area contributed by atoms with Gasteiger partial charge in [-0.1, -0.05) is 0 Å². The molecule has 14 heavy (non-hydrogen) atoms. The van der Waals surface area contributed by atoms with E-state index in [1.807, 2.05) is 6.92 Å². The highest BCUT2D eigenvalue weighted by molar-refractivity contribution is 5.86. The number of carbonyl (C=O) groups is 1. The van der Waals surface area contributed by atoms with Crippen LogP contribution in [0.4, 0.5) is 0 Å². The first-order valence-electron chi connectivity index (χ1n) is 5.07. The van der Waals surface area contributed by atoms with E-state index in [1.54, 1.807) is 14.0 Å². The minimum Gasteiger partial charge on any atom is -0.383 e. The molecule has 1 amide bonds. The minimum absolute atomic E-state index is 0.0223. The molecular weight excluding hydrogens is 180 g/mol. The summed E-state index contributed by atoms with van der Waals surface area (Å²) < 4.78 is 4.94. The minimum atomic E-state index is -0.706. The number of nitrogens with one attached hydrogen (secondary N) is 1. The van der Waals surface area contributed by atoms with Crippen LogP contribution in [0.5, 0.6) is 0 Å². The van der Waals surface area contributed by atoms with E-state index in [1.165, 1.54) is 0 Å². The first-order valence-corrected chi connectivity index (χ1v) is 5.07. The van der Waals surface area contributed by atoms with E-state index in [-0.39, 0.29) is 11.9 Å². The van der Waals surface area contributed by atoms with E-state index in [0.717, 1.165) is 12.8 Å². The van der Waals surface area contributed by atoms with Crippen molar-refractivity contribution >= 4 is 5.91 Å². The number of carbonyl (C=O) groups excluding carboxylic acids is 1. The van der Waals surface area contributed by atoms with E-state index < -0.39 is 5.54 Å². The van der Waals surface area contributed by atoms with Crippen LogP contribution in [0, 0.1) is 5.92 Å². The largest absolute Gasteiger partial charge is 0.383 e. The summed E-state index contributed by atoms with van der Waals surface area (Å²) in [6.07, 6.45) is 2.14. The lowest BCUT2D eigenvalue weighted by molar-refractivity contribution is -0.127. The molecule has 0 aromatic carbocycles. The zero-order valence-electron chi connectivity index (χ0n) is 9.17. The van der Waals surface area contributed by atoms with Crippen LogP contribution in [0.3, 0.4) is 0 Å². The predicted molar refractivity (Wildman–Crippen MR) is 54.8 cm³/mol. The van der Waals surface area contributed by atoms with E-state index >= 15 is 0 Å². The van der Waals surface area contributed by atoms with Crippen molar-refractivity contribution in [1.82, 2.24) is 5.32 Å². The Labute approximate surface area is 85.2 Å². The van der Waals surface area contributed by atoms with Crippen molar-refractivity contribution in [1.29, 1.82) is 0 Å². The molecule has 4 nitrogen and oxygen atoms in total. The zero-order valence-corrected chi connectivity index (χ0v) is 9.17. The second-order valence-corrected chi connectivity index (χ2v) is 4.39. The normalized spacial score (nSPS) is 22.6. The lowest BCUT2D eigenvalue weighted by Gasteiger charge is -2.25. The van der Waals surface area contributed by atoms with Crippen LogP contribution in [-0.2, 0) is 9.53 Å². The van der Waals surface area contributed by atoms with E-state index in [0.29, 0.717) is 12.5 Å². The maximum absolute atomic E-state index is 11.7. The fourth-order valence-electron chi connectivity index (χ4n) is 1.54. The summed E-state index contributed by atoms with van der Waals surface area (Å²) in [6.45, 7) is 4.23. The van der Waals surface area contributed by atoms with Crippen molar-refractivity contribution in [2.24, 2.45) is 11.7 Å². The van der Waals surface area contributed by atoms with Gasteiger partial charge < -0.3 is 15.8 Å². The molecule has 1 aliphatic carbocycles. The Morgan fingerprint density at radius 3 is 2.71 bits per heavy atom. The molecular formula is C10H20N2O2. The molecule has 82 valence electrons. The third-order valence-electron chi connectivity index (χ3n) is 2.71. The standard InChI is InChI=1S/C10H20N2O2/c1-7(6-14-3)12-9(13)10(2,11)8-4-5-8/h7-8H,4-6,11H2,1-3H3,(H,12,13). The summed E-state index contributed by atoms with van der Waals surface area (Å²) in [5.41, 5.74) is 5.25. The van der Waals surface area contributed by atoms with Crippen molar-refractivity contribution in [3.05, 3.63) is 0 Å². The van der Waals surface area contributed by atoms with Crippen molar-refractivity contribution in [2.75, 3.05) is 13.7 Å². The van der Waals surface area contributed by atoms with Crippen LogP contribution < -0.4 is 11.1 Å². The Hall–Kier alpha value is -0.610. The Balaban J connectivity index is 2.40. The van der Waals surface area contributed by atoms with Crippen LogP contribution in [0.15, 0.2) is 0 Å². The van der Waals surface area contributed by atoms with Crippen LogP contribution >= 0.6 is 0 Å². The smallest absolute Gasteiger partial charge is 0.240 e. The van der Waals surface area contributed by atoms with Gasteiger partial charge in [0.05, 0.1) is 12.1 Å². The summed E-state index contributed by atoms with van der Waals surface area (Å²) in [5, 5.41) is 2.85. The zero-order chi connectivity index (χ0) is 10.8. The van der Waals surface area contributed by atoms with Gasteiger partial charge in [-0.15, -0.1) is 0 Å². The molecule has 0 bridgehead atoms. The monoisotopic (exact) mass is 200 g/mol. The lowest BCUT2D eigenvalue weighted by Crippen LogP contribution is -2.55. The number of rotatable bonds is 5. The molecule has 4 heteroatoms. The van der Waals surface area contributed by atoms with Gasteiger partial charge in [-0.3, -0.25) is 4.79 Å². The molecule has 0 heterocycles. The number of hydrogen-bond acceptors (Lipinski definition) is 3. The van der Waals surface area contributed by atoms with Crippen molar-refractivity contribution in [2.45, 2.75) is 38.3 Å². The summed E-state index contributed by atoms with van der Waals surface area (Å²) >= 11 is 0. The summed E-state index contributed by atoms with van der Waals surface area (Å²) in [7, 11) is 1.62. The first kappa shape index (κ1) is 11.5. The average molecular weight is 200 g/mol. The van der Waals surface area contributed by atoms with Crippen molar-refractivity contribution in [3.63, 3.8) is 0 Å². The average Bonchev–Trinajstić information content (AvgIpc) is 2.86.